The number of rotatable bonds is 6. The number of pyridine rings is 1. The molecule has 0 radical (unpaired) electrons. The molecule has 2 aromatic carbocycles. The highest BCUT2D eigenvalue weighted by Gasteiger charge is 2.23. The molecular weight excluding hydrogens is 454 g/mol. The summed E-state index contributed by atoms with van der Waals surface area (Å²) >= 11 is 5.88. The van der Waals surface area contributed by atoms with E-state index in [1.807, 2.05) is 0 Å². The second kappa shape index (κ2) is 8.52. The van der Waals surface area contributed by atoms with Gasteiger partial charge in [0.2, 0.25) is 5.43 Å². The van der Waals surface area contributed by atoms with Crippen LogP contribution in [0.1, 0.15) is 16.1 Å². The van der Waals surface area contributed by atoms with Crippen molar-refractivity contribution in [2.24, 2.45) is 0 Å². The van der Waals surface area contributed by atoms with Gasteiger partial charge in [-0.15, -0.1) is 0 Å². The fraction of sp³-hybridized carbons (Fsp3) is 0.0909. The number of benzene rings is 2. The zero-order chi connectivity index (χ0) is 22.9. The molecule has 8 nitrogen and oxygen atoms in total. The Morgan fingerprint density at radius 3 is 2.59 bits per heavy atom. The Morgan fingerprint density at radius 1 is 1.16 bits per heavy atom. The van der Waals surface area contributed by atoms with Gasteiger partial charge in [0.15, 0.2) is 0 Å². The monoisotopic (exact) mass is 471 g/mol. The van der Waals surface area contributed by atoms with E-state index in [9.17, 15) is 18.0 Å². The molecule has 0 saturated heterocycles. The molecule has 2 N–H and O–H groups in total. The van der Waals surface area contributed by atoms with Crippen molar-refractivity contribution in [1.29, 1.82) is 0 Å². The van der Waals surface area contributed by atoms with Crippen LogP contribution < -0.4 is 15.1 Å². The number of carbonyl (C=O) groups excluding carboxylic acids is 1. The Hall–Kier alpha value is -3.56. The predicted molar refractivity (Wildman–Crippen MR) is 121 cm³/mol. The Morgan fingerprint density at radius 2 is 1.91 bits per heavy atom. The lowest BCUT2D eigenvalue weighted by Gasteiger charge is -2.19. The molecule has 0 fully saturated rings. The van der Waals surface area contributed by atoms with Crippen molar-refractivity contribution >= 4 is 44.1 Å². The van der Waals surface area contributed by atoms with E-state index in [2.05, 4.69) is 10.3 Å². The summed E-state index contributed by atoms with van der Waals surface area (Å²) in [6.45, 7) is 0.115. The molecule has 4 aromatic rings. The molecule has 0 unspecified atom stereocenters. The van der Waals surface area contributed by atoms with Crippen molar-refractivity contribution < 1.29 is 17.6 Å². The first-order valence-corrected chi connectivity index (χ1v) is 11.3. The van der Waals surface area contributed by atoms with Gasteiger partial charge in [-0.2, -0.15) is 0 Å². The molecule has 2 aromatic heterocycles. The van der Waals surface area contributed by atoms with Gasteiger partial charge in [0.05, 0.1) is 23.4 Å². The molecule has 0 spiro atoms. The molecule has 2 heterocycles. The van der Waals surface area contributed by atoms with Gasteiger partial charge >= 0.3 is 0 Å². The van der Waals surface area contributed by atoms with E-state index in [1.165, 1.54) is 37.7 Å². The minimum Gasteiger partial charge on any atom is -0.467 e. The highest BCUT2D eigenvalue weighted by atomic mass is 35.5. The summed E-state index contributed by atoms with van der Waals surface area (Å²) in [5.41, 5.74) is 0.103. The highest BCUT2D eigenvalue weighted by molar-refractivity contribution is 7.92. The van der Waals surface area contributed by atoms with Crippen LogP contribution >= 0.6 is 11.6 Å². The van der Waals surface area contributed by atoms with Crippen LogP contribution in [0.2, 0.25) is 5.02 Å². The van der Waals surface area contributed by atoms with E-state index < -0.39 is 21.4 Å². The second-order valence-electron chi connectivity index (χ2n) is 6.95. The Kier molecular flexibility index (Phi) is 5.77. The standard InChI is InChI=1S/C22H18ClN3O5S/c1-26(15-6-4-14(23)5-7-15)32(29,30)17-8-9-20-18(11-17)21(27)19(13-24-20)22(28)25-12-16-3-2-10-31-16/h2-11,13H,12H2,1H3,(H,24,27)(H,25,28). The molecule has 32 heavy (non-hydrogen) atoms. The summed E-state index contributed by atoms with van der Waals surface area (Å²) < 4.78 is 32.5. The quantitative estimate of drug-likeness (QED) is 0.446. The number of nitrogens with zero attached hydrogens (tertiary/aromatic N) is 1. The van der Waals surface area contributed by atoms with Crippen LogP contribution in [0.5, 0.6) is 0 Å². The summed E-state index contributed by atoms with van der Waals surface area (Å²) in [6.07, 6.45) is 2.78. The van der Waals surface area contributed by atoms with Crippen molar-refractivity contribution in [3.63, 3.8) is 0 Å². The van der Waals surface area contributed by atoms with Crippen LogP contribution in [0, 0.1) is 0 Å². The van der Waals surface area contributed by atoms with Crippen LogP contribution in [-0.4, -0.2) is 26.4 Å². The smallest absolute Gasteiger partial charge is 0.264 e. The van der Waals surface area contributed by atoms with Crippen molar-refractivity contribution in [1.82, 2.24) is 10.3 Å². The number of aromatic nitrogens is 1. The summed E-state index contributed by atoms with van der Waals surface area (Å²) in [7, 11) is -2.55. The van der Waals surface area contributed by atoms with Gasteiger partial charge < -0.3 is 14.7 Å². The van der Waals surface area contributed by atoms with Gasteiger partial charge in [-0.1, -0.05) is 11.6 Å². The number of sulfonamides is 1. The first-order valence-electron chi connectivity index (χ1n) is 9.48. The van der Waals surface area contributed by atoms with Crippen LogP contribution in [0.3, 0.4) is 0 Å². The van der Waals surface area contributed by atoms with Gasteiger partial charge in [-0.25, -0.2) is 8.42 Å². The van der Waals surface area contributed by atoms with Crippen molar-refractivity contribution in [2.75, 3.05) is 11.4 Å². The summed E-state index contributed by atoms with van der Waals surface area (Å²) in [6, 6.07) is 13.9. The van der Waals surface area contributed by atoms with Crippen LogP contribution in [0.15, 0.2) is 81.2 Å². The third kappa shape index (κ3) is 4.12. The number of aromatic amines is 1. The SMILES string of the molecule is CN(c1ccc(Cl)cc1)S(=O)(=O)c1ccc2[nH]cc(C(=O)NCc3ccco3)c(=O)c2c1. The number of nitrogens with one attached hydrogen (secondary N) is 2. The summed E-state index contributed by atoms with van der Waals surface area (Å²) in [4.78, 5) is 28.2. The van der Waals surface area contributed by atoms with Crippen molar-refractivity contribution in [3.05, 3.63) is 93.6 Å². The average Bonchev–Trinajstić information content (AvgIpc) is 3.31. The van der Waals surface area contributed by atoms with E-state index in [0.29, 0.717) is 22.0 Å². The first-order chi connectivity index (χ1) is 15.3. The number of hydrogen-bond acceptors (Lipinski definition) is 5. The van der Waals surface area contributed by atoms with Gasteiger partial charge in [0.25, 0.3) is 15.9 Å². The number of halogens is 1. The molecule has 0 saturated carbocycles. The third-order valence-electron chi connectivity index (χ3n) is 4.95. The number of hydrogen-bond donors (Lipinski definition) is 2. The lowest BCUT2D eigenvalue weighted by atomic mass is 10.1. The molecule has 0 aliphatic rings. The van der Waals surface area contributed by atoms with Gasteiger partial charge in [0.1, 0.15) is 11.3 Å². The molecular formula is C22H18ClN3O5S. The number of H-pyrrole nitrogens is 1. The fourth-order valence-corrected chi connectivity index (χ4v) is 4.50. The zero-order valence-electron chi connectivity index (χ0n) is 16.8. The van der Waals surface area contributed by atoms with E-state index in [-0.39, 0.29) is 22.4 Å². The van der Waals surface area contributed by atoms with Crippen molar-refractivity contribution in [2.45, 2.75) is 11.4 Å². The van der Waals surface area contributed by atoms with E-state index >= 15 is 0 Å². The molecule has 164 valence electrons. The topological polar surface area (TPSA) is 112 Å². The third-order valence-corrected chi connectivity index (χ3v) is 6.98. The van der Waals surface area contributed by atoms with E-state index in [0.717, 1.165) is 4.31 Å². The highest BCUT2D eigenvalue weighted by Crippen LogP contribution is 2.25. The molecule has 0 aliphatic carbocycles. The maximum Gasteiger partial charge on any atom is 0.264 e. The minimum atomic E-state index is -3.96. The van der Waals surface area contributed by atoms with Crippen molar-refractivity contribution in [3.8, 4) is 0 Å². The average molecular weight is 472 g/mol. The Labute approximate surface area is 188 Å². The first kappa shape index (κ1) is 21.7. The number of carbonyl (C=O) groups is 1. The fourth-order valence-electron chi connectivity index (χ4n) is 3.15. The maximum atomic E-state index is 13.1. The molecule has 0 aliphatic heterocycles. The van der Waals surface area contributed by atoms with E-state index in [1.54, 1.807) is 36.4 Å². The van der Waals surface area contributed by atoms with Gasteiger partial charge in [-0.05, 0) is 54.6 Å². The zero-order valence-corrected chi connectivity index (χ0v) is 18.4. The van der Waals surface area contributed by atoms with Gasteiger partial charge in [-0.3, -0.25) is 13.9 Å². The predicted octanol–water partition coefficient (Wildman–Crippen LogP) is 3.53. The van der Waals surface area contributed by atoms with Gasteiger partial charge in [0, 0.05) is 29.2 Å². The normalized spacial score (nSPS) is 11.4. The Bertz CT molecular complexity index is 1450. The lowest BCUT2D eigenvalue weighted by molar-refractivity contribution is 0.0947. The largest absolute Gasteiger partial charge is 0.467 e. The number of furan rings is 1. The molecule has 0 bridgehead atoms. The van der Waals surface area contributed by atoms with Crippen LogP contribution in [-0.2, 0) is 16.6 Å². The summed E-state index contributed by atoms with van der Waals surface area (Å²) in [5, 5.41) is 3.17. The molecule has 10 heteroatoms. The number of anilines is 1. The van der Waals surface area contributed by atoms with Crippen LogP contribution in [0.25, 0.3) is 10.9 Å². The number of fused-ring (bicyclic) bond motifs is 1. The maximum absolute atomic E-state index is 13.1. The lowest BCUT2D eigenvalue weighted by Crippen LogP contribution is -2.29. The Balaban J connectivity index is 1.68. The number of amides is 1. The summed E-state index contributed by atoms with van der Waals surface area (Å²) in [5.74, 6) is -0.0646. The second-order valence-corrected chi connectivity index (χ2v) is 9.36. The molecule has 4 rings (SSSR count). The van der Waals surface area contributed by atoms with Crippen LogP contribution in [0.4, 0.5) is 5.69 Å². The molecule has 1 amide bonds. The minimum absolute atomic E-state index is 0.0823. The van der Waals surface area contributed by atoms with E-state index in [4.69, 9.17) is 16.0 Å². The molecule has 0 atom stereocenters.